The fraction of sp³-hybridized carbons (Fsp3) is 0.308. The molecule has 0 fully saturated rings. The monoisotopic (exact) mass is 430 g/mol. The van der Waals surface area contributed by atoms with Gasteiger partial charge in [0.2, 0.25) is 0 Å². The molecule has 3 aromatic rings. The van der Waals surface area contributed by atoms with Crippen molar-refractivity contribution in [3.8, 4) is 11.1 Å². The fourth-order valence-corrected chi connectivity index (χ4v) is 4.49. The number of halogens is 5. The first-order valence-electron chi connectivity index (χ1n) is 10.6. The van der Waals surface area contributed by atoms with Crippen molar-refractivity contribution in [3.63, 3.8) is 0 Å². The third kappa shape index (κ3) is 4.23. The van der Waals surface area contributed by atoms with Crippen LogP contribution >= 0.6 is 0 Å². The van der Waals surface area contributed by atoms with Crippen molar-refractivity contribution in [1.82, 2.24) is 0 Å². The highest BCUT2D eigenvalue weighted by atomic mass is 19.2. The Hall–Kier alpha value is -2.69. The van der Waals surface area contributed by atoms with Gasteiger partial charge in [-0.2, -0.15) is 0 Å². The van der Waals surface area contributed by atoms with Crippen LogP contribution in [0.25, 0.3) is 11.1 Å². The van der Waals surface area contributed by atoms with Gasteiger partial charge >= 0.3 is 0 Å². The van der Waals surface area contributed by atoms with Crippen molar-refractivity contribution in [3.05, 3.63) is 93.8 Å². The number of fused-ring (bicyclic) bond motifs is 1. The van der Waals surface area contributed by atoms with Crippen molar-refractivity contribution >= 4 is 0 Å². The minimum Gasteiger partial charge on any atom is -0.207 e. The van der Waals surface area contributed by atoms with Gasteiger partial charge in [0, 0.05) is 11.1 Å². The molecule has 0 bridgehead atoms. The first-order valence-corrected chi connectivity index (χ1v) is 10.6. The maximum Gasteiger partial charge on any atom is 0.159 e. The lowest BCUT2D eigenvalue weighted by atomic mass is 9.78. The molecule has 0 heterocycles. The average molecular weight is 430 g/mol. The molecule has 0 aliphatic heterocycles. The Morgan fingerprint density at radius 1 is 0.839 bits per heavy atom. The number of hydrogen-bond donors (Lipinski definition) is 0. The summed E-state index contributed by atoms with van der Waals surface area (Å²) in [6, 6.07) is 9.33. The SMILES string of the molecule is CCCCc1cc(F)c(C2CCc3c(ccc(-c4ccc(F)c(F)c4)c3F)C2)c(F)c1. The van der Waals surface area contributed by atoms with Gasteiger partial charge in [0.25, 0.3) is 0 Å². The lowest BCUT2D eigenvalue weighted by Crippen LogP contribution is -2.17. The zero-order valence-corrected chi connectivity index (χ0v) is 17.3. The van der Waals surface area contributed by atoms with Gasteiger partial charge in [0.1, 0.15) is 17.5 Å². The number of hydrogen-bond acceptors (Lipinski definition) is 0. The second-order valence-corrected chi connectivity index (χ2v) is 8.21. The van der Waals surface area contributed by atoms with E-state index in [1.54, 1.807) is 6.07 Å². The van der Waals surface area contributed by atoms with Gasteiger partial charge in [0.15, 0.2) is 11.6 Å². The molecule has 31 heavy (non-hydrogen) atoms. The van der Waals surface area contributed by atoms with Gasteiger partial charge in [-0.05, 0) is 84.5 Å². The summed E-state index contributed by atoms with van der Waals surface area (Å²) in [6.07, 6.45) is 3.51. The van der Waals surface area contributed by atoms with Crippen molar-refractivity contribution < 1.29 is 22.0 Å². The molecule has 0 aromatic heterocycles. The Kier molecular flexibility index (Phi) is 6.12. The van der Waals surface area contributed by atoms with Crippen LogP contribution in [-0.2, 0) is 19.3 Å². The van der Waals surface area contributed by atoms with Crippen molar-refractivity contribution in [2.75, 3.05) is 0 Å². The normalized spacial score (nSPS) is 15.7. The van der Waals surface area contributed by atoms with Gasteiger partial charge in [-0.1, -0.05) is 31.5 Å². The first kappa shape index (κ1) is 21.5. The van der Waals surface area contributed by atoms with Crippen LogP contribution in [0.2, 0.25) is 0 Å². The summed E-state index contributed by atoms with van der Waals surface area (Å²) in [6.45, 7) is 2.03. The second kappa shape index (κ2) is 8.81. The Balaban J connectivity index is 1.63. The predicted octanol–water partition coefficient (Wildman–Crippen LogP) is 7.66. The molecular weight excluding hydrogens is 407 g/mol. The van der Waals surface area contributed by atoms with Crippen LogP contribution in [0, 0.1) is 29.1 Å². The molecule has 1 aliphatic carbocycles. The molecule has 0 radical (unpaired) electrons. The van der Waals surface area contributed by atoms with Crippen molar-refractivity contribution in [1.29, 1.82) is 0 Å². The van der Waals surface area contributed by atoms with E-state index >= 15 is 4.39 Å². The first-order chi connectivity index (χ1) is 14.9. The van der Waals surface area contributed by atoms with Crippen molar-refractivity contribution in [2.24, 2.45) is 0 Å². The highest BCUT2D eigenvalue weighted by Crippen LogP contribution is 2.39. The number of benzene rings is 3. The van der Waals surface area contributed by atoms with E-state index in [1.807, 2.05) is 6.92 Å². The van der Waals surface area contributed by atoms with Crippen LogP contribution < -0.4 is 0 Å². The Morgan fingerprint density at radius 3 is 2.26 bits per heavy atom. The molecule has 0 saturated carbocycles. The lowest BCUT2D eigenvalue weighted by molar-refractivity contribution is 0.481. The fourth-order valence-electron chi connectivity index (χ4n) is 4.49. The number of unbranched alkanes of at least 4 members (excludes halogenated alkanes) is 1. The Morgan fingerprint density at radius 2 is 1.58 bits per heavy atom. The zero-order valence-electron chi connectivity index (χ0n) is 17.3. The highest BCUT2D eigenvalue weighted by molar-refractivity contribution is 5.66. The molecule has 0 amide bonds. The molecule has 0 nitrogen and oxygen atoms in total. The van der Waals surface area contributed by atoms with Gasteiger partial charge < -0.3 is 0 Å². The van der Waals surface area contributed by atoms with E-state index in [0.717, 1.165) is 25.0 Å². The maximum absolute atomic E-state index is 15.2. The molecule has 1 unspecified atom stereocenters. The lowest BCUT2D eigenvalue weighted by Gasteiger charge is -2.27. The minimum atomic E-state index is -1.04. The quantitative estimate of drug-likeness (QED) is 0.365. The van der Waals surface area contributed by atoms with Crippen LogP contribution in [0.3, 0.4) is 0 Å². The van der Waals surface area contributed by atoms with Crippen LogP contribution in [0.4, 0.5) is 22.0 Å². The minimum absolute atomic E-state index is 0.0657. The van der Waals surface area contributed by atoms with Gasteiger partial charge in [0.05, 0.1) is 0 Å². The number of aryl methyl sites for hydroxylation is 1. The third-order valence-electron chi connectivity index (χ3n) is 6.15. The largest absolute Gasteiger partial charge is 0.207 e. The van der Waals surface area contributed by atoms with Crippen LogP contribution in [-0.4, -0.2) is 0 Å². The second-order valence-electron chi connectivity index (χ2n) is 8.21. The molecule has 4 rings (SSSR count). The molecule has 162 valence electrons. The Bertz CT molecular complexity index is 1100. The average Bonchev–Trinajstić information content (AvgIpc) is 2.74. The van der Waals surface area contributed by atoms with E-state index in [2.05, 4.69) is 0 Å². The summed E-state index contributed by atoms with van der Waals surface area (Å²) in [5.74, 6) is -3.98. The molecular formula is C26H23F5. The summed E-state index contributed by atoms with van der Waals surface area (Å²) < 4.78 is 71.5. The van der Waals surface area contributed by atoms with E-state index in [-0.39, 0.29) is 22.6 Å². The zero-order chi connectivity index (χ0) is 22.1. The highest BCUT2D eigenvalue weighted by Gasteiger charge is 2.28. The summed E-state index contributed by atoms with van der Waals surface area (Å²) in [5.41, 5.74) is 2.32. The molecule has 0 saturated heterocycles. The van der Waals surface area contributed by atoms with E-state index in [4.69, 9.17) is 0 Å². The van der Waals surface area contributed by atoms with Gasteiger partial charge in [-0.3, -0.25) is 0 Å². The molecule has 0 N–H and O–H groups in total. The molecule has 0 spiro atoms. The Labute approximate surface area is 178 Å². The van der Waals surface area contributed by atoms with E-state index < -0.39 is 29.1 Å². The summed E-state index contributed by atoms with van der Waals surface area (Å²) in [5, 5.41) is 0. The molecule has 5 heteroatoms. The molecule has 1 atom stereocenters. The summed E-state index contributed by atoms with van der Waals surface area (Å²) in [7, 11) is 0. The third-order valence-corrected chi connectivity index (χ3v) is 6.15. The van der Waals surface area contributed by atoms with E-state index in [0.29, 0.717) is 42.4 Å². The summed E-state index contributed by atoms with van der Waals surface area (Å²) in [4.78, 5) is 0. The van der Waals surface area contributed by atoms with Crippen molar-refractivity contribution in [2.45, 2.75) is 51.4 Å². The van der Waals surface area contributed by atoms with Gasteiger partial charge in [-0.25, -0.2) is 22.0 Å². The topological polar surface area (TPSA) is 0 Å². The smallest absolute Gasteiger partial charge is 0.159 e. The standard InChI is InChI=1S/C26H23F5/c1-2-3-4-15-11-23(29)25(24(30)12-15)18-6-9-19-16(13-18)5-8-20(26(19)31)17-7-10-21(27)22(28)14-17/h5,7-8,10-12,14,18H,2-4,6,9,13H2,1H3. The van der Waals surface area contributed by atoms with E-state index in [1.165, 1.54) is 24.3 Å². The van der Waals surface area contributed by atoms with Crippen LogP contribution in [0.15, 0.2) is 42.5 Å². The molecule has 1 aliphatic rings. The number of rotatable bonds is 5. The van der Waals surface area contributed by atoms with Gasteiger partial charge in [-0.15, -0.1) is 0 Å². The maximum atomic E-state index is 15.2. The predicted molar refractivity (Wildman–Crippen MR) is 111 cm³/mol. The van der Waals surface area contributed by atoms with Crippen LogP contribution in [0.1, 0.15) is 54.4 Å². The van der Waals surface area contributed by atoms with E-state index in [9.17, 15) is 17.6 Å². The summed E-state index contributed by atoms with van der Waals surface area (Å²) >= 11 is 0. The molecule has 3 aromatic carbocycles. The van der Waals surface area contributed by atoms with Crippen LogP contribution in [0.5, 0.6) is 0 Å².